The predicted molar refractivity (Wildman–Crippen MR) is 102 cm³/mol. The van der Waals surface area contributed by atoms with Gasteiger partial charge in [-0.1, -0.05) is 11.6 Å². The lowest BCUT2D eigenvalue weighted by atomic mass is 9.89. The van der Waals surface area contributed by atoms with Crippen molar-refractivity contribution in [2.24, 2.45) is 0 Å². The second-order valence-electron chi connectivity index (χ2n) is 6.13. The number of benzene rings is 1. The third kappa shape index (κ3) is 3.51. The molecule has 130 valence electrons. The van der Waals surface area contributed by atoms with E-state index in [9.17, 15) is 4.79 Å². The number of hydrogen-bond acceptors (Lipinski definition) is 4. The molecule has 25 heavy (non-hydrogen) atoms. The highest BCUT2D eigenvalue weighted by Crippen LogP contribution is 2.34. The van der Waals surface area contributed by atoms with Crippen molar-refractivity contribution in [3.8, 4) is 11.1 Å². The van der Waals surface area contributed by atoms with Crippen molar-refractivity contribution in [3.05, 3.63) is 46.2 Å². The summed E-state index contributed by atoms with van der Waals surface area (Å²) in [7, 11) is 1.78. The number of carbonyl (C=O) groups excluding carboxylic acids is 1. The van der Waals surface area contributed by atoms with Gasteiger partial charge in [0.25, 0.3) is 0 Å². The van der Waals surface area contributed by atoms with Crippen molar-refractivity contribution in [1.82, 2.24) is 15.3 Å². The molecule has 1 fully saturated rings. The molecule has 1 aliphatic rings. The molecule has 1 aliphatic heterocycles. The van der Waals surface area contributed by atoms with Gasteiger partial charge in [0.2, 0.25) is 11.9 Å². The first kappa shape index (κ1) is 17.4. The van der Waals surface area contributed by atoms with Crippen LogP contribution >= 0.6 is 11.6 Å². The van der Waals surface area contributed by atoms with Gasteiger partial charge in [0.15, 0.2) is 0 Å². The summed E-state index contributed by atoms with van der Waals surface area (Å²) in [5.74, 6) is 0.590. The first-order valence-corrected chi connectivity index (χ1v) is 8.67. The Kier molecular flexibility index (Phi) is 5.04. The SMILES string of the molecule is CNc1ncc(-c2cc(Cl)cc(/C(C)=C3\CCCNC3=O)c2C)cn1. The van der Waals surface area contributed by atoms with Gasteiger partial charge in [-0.05, 0) is 61.1 Å². The zero-order valence-electron chi connectivity index (χ0n) is 14.6. The molecule has 2 heterocycles. The van der Waals surface area contributed by atoms with Gasteiger partial charge in [-0.2, -0.15) is 0 Å². The minimum Gasteiger partial charge on any atom is -0.357 e. The Hall–Kier alpha value is -2.40. The van der Waals surface area contributed by atoms with Crippen molar-refractivity contribution >= 4 is 29.0 Å². The van der Waals surface area contributed by atoms with Crippen molar-refractivity contribution in [1.29, 1.82) is 0 Å². The van der Waals surface area contributed by atoms with Gasteiger partial charge in [0.1, 0.15) is 0 Å². The normalized spacial score (nSPS) is 16.4. The van der Waals surface area contributed by atoms with Gasteiger partial charge >= 0.3 is 0 Å². The number of nitrogens with one attached hydrogen (secondary N) is 2. The van der Waals surface area contributed by atoms with Crippen molar-refractivity contribution < 1.29 is 4.79 Å². The van der Waals surface area contributed by atoms with Crippen LogP contribution in [-0.4, -0.2) is 29.5 Å². The molecular weight excluding hydrogens is 336 g/mol. The molecule has 1 amide bonds. The van der Waals surface area contributed by atoms with Crippen molar-refractivity contribution in [2.45, 2.75) is 26.7 Å². The number of amides is 1. The smallest absolute Gasteiger partial charge is 0.247 e. The average molecular weight is 357 g/mol. The first-order chi connectivity index (χ1) is 12.0. The summed E-state index contributed by atoms with van der Waals surface area (Å²) >= 11 is 6.37. The van der Waals surface area contributed by atoms with Gasteiger partial charge in [-0.15, -0.1) is 0 Å². The quantitative estimate of drug-likeness (QED) is 0.820. The maximum absolute atomic E-state index is 12.2. The lowest BCUT2D eigenvalue weighted by Crippen LogP contribution is -2.31. The molecule has 5 nitrogen and oxygen atoms in total. The minimum absolute atomic E-state index is 0.0198. The first-order valence-electron chi connectivity index (χ1n) is 8.30. The Labute approximate surface area is 152 Å². The molecule has 6 heteroatoms. The van der Waals surface area contributed by atoms with E-state index in [2.05, 4.69) is 20.6 Å². The summed E-state index contributed by atoms with van der Waals surface area (Å²) < 4.78 is 0. The van der Waals surface area contributed by atoms with Gasteiger partial charge in [0.05, 0.1) is 0 Å². The van der Waals surface area contributed by atoms with E-state index in [0.29, 0.717) is 11.0 Å². The largest absolute Gasteiger partial charge is 0.357 e. The summed E-state index contributed by atoms with van der Waals surface area (Å²) in [6.07, 6.45) is 5.30. The minimum atomic E-state index is 0.0198. The lowest BCUT2D eigenvalue weighted by molar-refractivity contribution is -0.118. The zero-order valence-corrected chi connectivity index (χ0v) is 15.4. The molecule has 0 atom stereocenters. The van der Waals surface area contributed by atoms with Crippen LogP contribution in [0.3, 0.4) is 0 Å². The van der Waals surface area contributed by atoms with Crippen LogP contribution in [0.4, 0.5) is 5.95 Å². The number of hydrogen-bond donors (Lipinski definition) is 2. The highest BCUT2D eigenvalue weighted by Gasteiger charge is 2.20. The number of allylic oxidation sites excluding steroid dienone is 1. The molecule has 0 aliphatic carbocycles. The number of carbonyl (C=O) groups is 1. The molecule has 0 saturated carbocycles. The van der Waals surface area contributed by atoms with Crippen LogP contribution in [0.25, 0.3) is 16.7 Å². The van der Waals surface area contributed by atoms with E-state index in [4.69, 9.17) is 11.6 Å². The Balaban J connectivity index is 2.11. The molecule has 1 aromatic carbocycles. The fourth-order valence-corrected chi connectivity index (χ4v) is 3.39. The van der Waals surface area contributed by atoms with Crippen LogP contribution < -0.4 is 10.6 Å². The van der Waals surface area contributed by atoms with E-state index in [1.54, 1.807) is 19.4 Å². The Morgan fingerprint density at radius 1 is 1.28 bits per heavy atom. The van der Waals surface area contributed by atoms with Gasteiger partial charge in [-0.3, -0.25) is 4.79 Å². The number of anilines is 1. The summed E-state index contributed by atoms with van der Waals surface area (Å²) in [5.41, 5.74) is 5.74. The van der Waals surface area contributed by atoms with E-state index < -0.39 is 0 Å². The van der Waals surface area contributed by atoms with E-state index in [1.807, 2.05) is 26.0 Å². The highest BCUT2D eigenvalue weighted by atomic mass is 35.5. The topological polar surface area (TPSA) is 66.9 Å². The molecule has 1 saturated heterocycles. The molecular formula is C19H21ClN4O. The average Bonchev–Trinajstić information content (AvgIpc) is 2.63. The number of halogens is 1. The molecule has 1 aromatic heterocycles. The second-order valence-corrected chi connectivity index (χ2v) is 6.57. The molecule has 0 bridgehead atoms. The molecule has 0 unspecified atom stereocenters. The Bertz CT molecular complexity index is 843. The summed E-state index contributed by atoms with van der Waals surface area (Å²) in [6, 6.07) is 3.84. The van der Waals surface area contributed by atoms with Crippen LogP contribution in [0.2, 0.25) is 5.02 Å². The number of nitrogens with zero attached hydrogens (tertiary/aromatic N) is 2. The predicted octanol–water partition coefficient (Wildman–Crippen LogP) is 3.83. The summed E-state index contributed by atoms with van der Waals surface area (Å²) in [4.78, 5) is 20.8. The van der Waals surface area contributed by atoms with Crippen molar-refractivity contribution in [3.63, 3.8) is 0 Å². The number of aromatic nitrogens is 2. The maximum atomic E-state index is 12.2. The van der Waals surface area contributed by atoms with E-state index in [-0.39, 0.29) is 5.91 Å². The highest BCUT2D eigenvalue weighted by molar-refractivity contribution is 6.31. The molecule has 2 aromatic rings. The fourth-order valence-electron chi connectivity index (χ4n) is 3.17. The fraction of sp³-hybridized carbons (Fsp3) is 0.316. The van der Waals surface area contributed by atoms with Crippen LogP contribution in [0.1, 0.15) is 30.9 Å². The van der Waals surface area contributed by atoms with Crippen molar-refractivity contribution in [2.75, 3.05) is 18.9 Å². The van der Waals surface area contributed by atoms with E-state index >= 15 is 0 Å². The van der Waals surface area contributed by atoms with Crippen LogP contribution in [0.15, 0.2) is 30.1 Å². The summed E-state index contributed by atoms with van der Waals surface area (Å²) in [5, 5.41) is 6.46. The third-order valence-electron chi connectivity index (χ3n) is 4.58. The Morgan fingerprint density at radius 3 is 2.64 bits per heavy atom. The molecule has 2 N–H and O–H groups in total. The van der Waals surface area contributed by atoms with E-state index in [1.165, 1.54) is 0 Å². The lowest BCUT2D eigenvalue weighted by Gasteiger charge is -2.20. The van der Waals surface area contributed by atoms with E-state index in [0.717, 1.165) is 52.8 Å². The number of rotatable bonds is 3. The van der Waals surface area contributed by atoms with Crippen LogP contribution in [0.5, 0.6) is 0 Å². The number of piperidine rings is 1. The molecule has 3 rings (SSSR count). The van der Waals surface area contributed by atoms with Gasteiger partial charge < -0.3 is 10.6 Å². The monoisotopic (exact) mass is 356 g/mol. The Morgan fingerprint density at radius 2 is 2.00 bits per heavy atom. The second kappa shape index (κ2) is 7.23. The zero-order chi connectivity index (χ0) is 18.0. The van der Waals surface area contributed by atoms with Crippen LogP contribution in [-0.2, 0) is 4.79 Å². The van der Waals surface area contributed by atoms with Crippen LogP contribution in [0, 0.1) is 6.92 Å². The maximum Gasteiger partial charge on any atom is 0.247 e. The van der Waals surface area contributed by atoms with Gasteiger partial charge in [-0.25, -0.2) is 9.97 Å². The standard InChI is InChI=1S/C19H21ClN4O/c1-11(15-5-4-6-22-18(15)25)16-7-14(20)8-17(12(16)2)13-9-23-19(21-3)24-10-13/h7-10H,4-6H2,1-3H3,(H,22,25)(H,21,23,24)/b15-11+. The summed E-state index contributed by atoms with van der Waals surface area (Å²) in [6.45, 7) is 4.77. The van der Waals surface area contributed by atoms with Gasteiger partial charge in [0, 0.05) is 42.1 Å². The molecule has 0 spiro atoms. The molecule has 0 radical (unpaired) electrons. The third-order valence-corrected chi connectivity index (χ3v) is 4.80.